The normalized spacial score (nSPS) is 17.9. The first-order valence-electron chi connectivity index (χ1n) is 6.10. The lowest BCUT2D eigenvalue weighted by atomic mass is 10.2. The van der Waals surface area contributed by atoms with E-state index >= 15 is 0 Å². The molecule has 108 valence electrons. The molecule has 0 aliphatic carbocycles. The first-order chi connectivity index (χ1) is 9.51. The van der Waals surface area contributed by atoms with Crippen molar-refractivity contribution in [3.63, 3.8) is 0 Å². The monoisotopic (exact) mass is 344 g/mol. The Labute approximate surface area is 124 Å². The van der Waals surface area contributed by atoms with Crippen LogP contribution in [0.1, 0.15) is 16.8 Å². The van der Waals surface area contributed by atoms with Crippen LogP contribution >= 0.6 is 15.9 Å². The van der Waals surface area contributed by atoms with Gasteiger partial charge in [0.25, 0.3) is 5.91 Å². The van der Waals surface area contributed by atoms with E-state index in [-0.39, 0.29) is 16.4 Å². The van der Waals surface area contributed by atoms with Gasteiger partial charge in [-0.05, 0) is 40.5 Å². The quantitative estimate of drug-likeness (QED) is 0.894. The van der Waals surface area contributed by atoms with E-state index in [4.69, 9.17) is 0 Å². The van der Waals surface area contributed by atoms with Gasteiger partial charge in [0.05, 0.1) is 11.6 Å². The van der Waals surface area contributed by atoms with Gasteiger partial charge in [-0.2, -0.15) is 0 Å². The SMILES string of the molecule is COC(=O)N1CCC(NC(=O)c2ccc(F)c(Br)c2)C1. The van der Waals surface area contributed by atoms with Gasteiger partial charge in [-0.25, -0.2) is 9.18 Å². The van der Waals surface area contributed by atoms with E-state index in [0.29, 0.717) is 25.1 Å². The number of hydrogen-bond donors (Lipinski definition) is 1. The van der Waals surface area contributed by atoms with Crippen LogP contribution in [0, 0.1) is 5.82 Å². The number of rotatable bonds is 2. The van der Waals surface area contributed by atoms with Crippen molar-refractivity contribution in [1.29, 1.82) is 0 Å². The fourth-order valence-corrected chi connectivity index (χ4v) is 2.46. The molecular formula is C13H14BrFN2O3. The summed E-state index contributed by atoms with van der Waals surface area (Å²) < 4.78 is 18.0. The Morgan fingerprint density at radius 1 is 1.50 bits per heavy atom. The van der Waals surface area contributed by atoms with Crippen LogP contribution in [0.25, 0.3) is 0 Å². The van der Waals surface area contributed by atoms with Crippen LogP contribution in [0.15, 0.2) is 22.7 Å². The van der Waals surface area contributed by atoms with Crippen molar-refractivity contribution < 1.29 is 18.7 Å². The van der Waals surface area contributed by atoms with Gasteiger partial charge in [0, 0.05) is 24.7 Å². The standard InChI is InChI=1S/C13H14BrFN2O3/c1-20-13(19)17-5-4-9(7-17)16-12(18)8-2-3-11(15)10(14)6-8/h2-3,6,9H,4-5,7H2,1H3,(H,16,18). The Morgan fingerprint density at radius 3 is 2.90 bits per heavy atom. The highest BCUT2D eigenvalue weighted by molar-refractivity contribution is 9.10. The second kappa shape index (κ2) is 6.21. The summed E-state index contributed by atoms with van der Waals surface area (Å²) in [6, 6.07) is 3.96. The molecule has 5 nitrogen and oxygen atoms in total. The summed E-state index contributed by atoms with van der Waals surface area (Å²) in [7, 11) is 1.32. The number of nitrogens with one attached hydrogen (secondary N) is 1. The van der Waals surface area contributed by atoms with Crippen molar-refractivity contribution in [1.82, 2.24) is 10.2 Å². The van der Waals surface area contributed by atoms with E-state index in [1.807, 2.05) is 0 Å². The number of carbonyl (C=O) groups excluding carboxylic acids is 2. The number of carbonyl (C=O) groups is 2. The van der Waals surface area contributed by atoms with Gasteiger partial charge in [0.2, 0.25) is 0 Å². The molecule has 1 aromatic rings. The summed E-state index contributed by atoms with van der Waals surface area (Å²) in [5.41, 5.74) is 0.370. The van der Waals surface area contributed by atoms with Gasteiger partial charge in [0.1, 0.15) is 5.82 Å². The lowest BCUT2D eigenvalue weighted by Gasteiger charge is -2.15. The molecule has 2 amide bonds. The number of benzene rings is 1. The molecule has 0 saturated carbocycles. The number of nitrogens with zero attached hydrogens (tertiary/aromatic N) is 1. The predicted octanol–water partition coefficient (Wildman–Crippen LogP) is 2.16. The molecule has 1 atom stereocenters. The highest BCUT2D eigenvalue weighted by Gasteiger charge is 2.28. The maximum Gasteiger partial charge on any atom is 0.409 e. The van der Waals surface area contributed by atoms with Crippen molar-refractivity contribution in [2.24, 2.45) is 0 Å². The maximum atomic E-state index is 13.1. The Hall–Kier alpha value is -1.63. The number of hydrogen-bond acceptors (Lipinski definition) is 3. The van der Waals surface area contributed by atoms with Gasteiger partial charge >= 0.3 is 6.09 Å². The second-order valence-corrected chi connectivity index (χ2v) is 5.36. The van der Waals surface area contributed by atoms with Crippen molar-refractivity contribution in [3.8, 4) is 0 Å². The number of ether oxygens (including phenoxy) is 1. The summed E-state index contributed by atoms with van der Waals surface area (Å²) in [6.45, 7) is 0.964. The zero-order valence-electron chi connectivity index (χ0n) is 10.9. The lowest BCUT2D eigenvalue weighted by molar-refractivity contribution is 0.0934. The summed E-state index contributed by atoms with van der Waals surface area (Å²) in [4.78, 5) is 24.9. The molecular weight excluding hydrogens is 331 g/mol. The largest absolute Gasteiger partial charge is 0.453 e. The minimum atomic E-state index is -0.417. The first kappa shape index (κ1) is 14.8. The average molecular weight is 345 g/mol. The summed E-state index contributed by atoms with van der Waals surface area (Å²) in [6.07, 6.45) is 0.273. The molecule has 0 bridgehead atoms. The van der Waals surface area contributed by atoms with Gasteiger partial charge in [-0.1, -0.05) is 0 Å². The topological polar surface area (TPSA) is 58.6 Å². The Balaban J connectivity index is 1.95. The van der Waals surface area contributed by atoms with E-state index in [1.54, 1.807) is 0 Å². The van der Waals surface area contributed by atoms with Gasteiger partial charge in [0.15, 0.2) is 0 Å². The zero-order chi connectivity index (χ0) is 14.7. The van der Waals surface area contributed by atoms with Crippen molar-refractivity contribution >= 4 is 27.9 Å². The Kier molecular flexibility index (Phi) is 4.59. The Bertz CT molecular complexity index is 538. The van der Waals surface area contributed by atoms with Gasteiger partial charge < -0.3 is 15.0 Å². The minimum absolute atomic E-state index is 0.120. The summed E-state index contributed by atoms with van der Waals surface area (Å²) >= 11 is 3.04. The average Bonchev–Trinajstić information content (AvgIpc) is 2.89. The van der Waals surface area contributed by atoms with Crippen LogP contribution in [0.2, 0.25) is 0 Å². The number of amides is 2. The van der Waals surface area contributed by atoms with E-state index in [0.717, 1.165) is 0 Å². The molecule has 7 heteroatoms. The zero-order valence-corrected chi connectivity index (χ0v) is 12.4. The van der Waals surface area contributed by atoms with Gasteiger partial charge in [-0.15, -0.1) is 0 Å². The van der Waals surface area contributed by atoms with E-state index in [2.05, 4.69) is 26.0 Å². The fraction of sp³-hybridized carbons (Fsp3) is 0.385. The molecule has 1 unspecified atom stereocenters. The molecule has 2 rings (SSSR count). The summed E-state index contributed by atoms with van der Waals surface area (Å²) in [5, 5.41) is 2.82. The maximum absolute atomic E-state index is 13.1. The minimum Gasteiger partial charge on any atom is -0.453 e. The predicted molar refractivity (Wildman–Crippen MR) is 73.9 cm³/mol. The highest BCUT2D eigenvalue weighted by atomic mass is 79.9. The molecule has 1 fully saturated rings. The van der Waals surface area contributed by atoms with Crippen LogP contribution in [-0.2, 0) is 4.74 Å². The molecule has 1 heterocycles. The van der Waals surface area contributed by atoms with Crippen LogP contribution < -0.4 is 5.32 Å². The smallest absolute Gasteiger partial charge is 0.409 e. The lowest BCUT2D eigenvalue weighted by Crippen LogP contribution is -2.38. The number of halogens is 2. The first-order valence-corrected chi connectivity index (χ1v) is 6.89. The van der Waals surface area contributed by atoms with Crippen LogP contribution in [0.5, 0.6) is 0 Å². The van der Waals surface area contributed by atoms with Crippen LogP contribution in [0.3, 0.4) is 0 Å². The van der Waals surface area contributed by atoms with Crippen LogP contribution in [-0.4, -0.2) is 43.1 Å². The molecule has 1 aliphatic rings. The number of methoxy groups -OCH3 is 1. The van der Waals surface area contributed by atoms with Gasteiger partial charge in [-0.3, -0.25) is 4.79 Å². The molecule has 0 spiro atoms. The molecule has 1 aromatic carbocycles. The van der Waals surface area contributed by atoms with Crippen molar-refractivity contribution in [3.05, 3.63) is 34.1 Å². The molecule has 0 radical (unpaired) electrons. The molecule has 1 saturated heterocycles. The highest BCUT2D eigenvalue weighted by Crippen LogP contribution is 2.17. The van der Waals surface area contributed by atoms with Crippen molar-refractivity contribution in [2.75, 3.05) is 20.2 Å². The molecule has 0 aromatic heterocycles. The van der Waals surface area contributed by atoms with E-state index in [9.17, 15) is 14.0 Å². The molecule has 1 aliphatic heterocycles. The number of likely N-dealkylation sites (tertiary alicyclic amines) is 1. The third-order valence-corrected chi connectivity index (χ3v) is 3.75. The molecule has 20 heavy (non-hydrogen) atoms. The summed E-state index contributed by atoms with van der Waals surface area (Å²) in [5.74, 6) is -0.707. The Morgan fingerprint density at radius 2 is 2.25 bits per heavy atom. The third-order valence-electron chi connectivity index (χ3n) is 3.14. The van der Waals surface area contributed by atoms with Crippen molar-refractivity contribution in [2.45, 2.75) is 12.5 Å². The molecule has 1 N–H and O–H groups in total. The second-order valence-electron chi connectivity index (χ2n) is 4.50. The van der Waals surface area contributed by atoms with E-state index in [1.165, 1.54) is 30.2 Å². The van der Waals surface area contributed by atoms with Crippen LogP contribution in [0.4, 0.5) is 9.18 Å². The van der Waals surface area contributed by atoms with E-state index < -0.39 is 11.9 Å². The fourth-order valence-electron chi connectivity index (χ4n) is 2.08. The third kappa shape index (κ3) is 3.27.